The molecule has 0 saturated carbocycles. The average Bonchev–Trinajstić information content (AvgIpc) is 2.49. The standard InChI is InChI=1S/C16H23FN2O3/c1-12(16(21)22-4)11-19(10-9-18(2)3)15(20)13-7-5-6-8-14(13)17/h5-8,12H,9-11H2,1-4H3. The molecule has 122 valence electrons. The van der Waals surface area contributed by atoms with Gasteiger partial charge in [0.25, 0.3) is 5.91 Å². The largest absolute Gasteiger partial charge is 0.469 e. The zero-order valence-corrected chi connectivity index (χ0v) is 13.5. The van der Waals surface area contributed by atoms with Crippen LogP contribution in [0.25, 0.3) is 0 Å². The molecule has 5 nitrogen and oxygen atoms in total. The van der Waals surface area contributed by atoms with E-state index in [-0.39, 0.29) is 12.1 Å². The van der Waals surface area contributed by atoms with Crippen molar-refractivity contribution in [2.24, 2.45) is 5.92 Å². The van der Waals surface area contributed by atoms with Crippen molar-refractivity contribution in [1.82, 2.24) is 9.80 Å². The Bertz CT molecular complexity index is 520. The predicted octanol–water partition coefficient (Wildman–Crippen LogP) is 1.64. The number of amides is 1. The number of carbonyl (C=O) groups excluding carboxylic acids is 2. The minimum Gasteiger partial charge on any atom is -0.469 e. The Hall–Kier alpha value is -1.95. The molecule has 0 N–H and O–H groups in total. The second-order valence-electron chi connectivity index (χ2n) is 5.46. The third kappa shape index (κ3) is 5.11. The zero-order chi connectivity index (χ0) is 16.7. The van der Waals surface area contributed by atoms with Crippen LogP contribution < -0.4 is 0 Å². The van der Waals surface area contributed by atoms with Crippen molar-refractivity contribution < 1.29 is 18.7 Å². The molecule has 6 heteroatoms. The summed E-state index contributed by atoms with van der Waals surface area (Å²) in [4.78, 5) is 27.5. The van der Waals surface area contributed by atoms with Crippen LogP contribution >= 0.6 is 0 Å². The van der Waals surface area contributed by atoms with E-state index < -0.39 is 23.6 Å². The van der Waals surface area contributed by atoms with Crippen molar-refractivity contribution in [3.8, 4) is 0 Å². The summed E-state index contributed by atoms with van der Waals surface area (Å²) in [7, 11) is 5.08. The SMILES string of the molecule is COC(=O)C(C)CN(CCN(C)C)C(=O)c1ccccc1F. The van der Waals surface area contributed by atoms with Crippen LogP contribution in [-0.2, 0) is 9.53 Å². The lowest BCUT2D eigenvalue weighted by molar-refractivity contribution is -0.145. The van der Waals surface area contributed by atoms with Crippen molar-refractivity contribution in [1.29, 1.82) is 0 Å². The molecule has 0 radical (unpaired) electrons. The van der Waals surface area contributed by atoms with Crippen molar-refractivity contribution in [2.45, 2.75) is 6.92 Å². The molecule has 1 atom stereocenters. The molecule has 0 aliphatic heterocycles. The fourth-order valence-electron chi connectivity index (χ4n) is 2.01. The van der Waals surface area contributed by atoms with Crippen LogP contribution in [0.5, 0.6) is 0 Å². The van der Waals surface area contributed by atoms with Crippen LogP contribution in [0.3, 0.4) is 0 Å². The highest BCUT2D eigenvalue weighted by Crippen LogP contribution is 2.12. The Kier molecular flexibility index (Phi) is 6.98. The van der Waals surface area contributed by atoms with Gasteiger partial charge in [-0.05, 0) is 26.2 Å². The molecule has 0 heterocycles. The number of benzene rings is 1. The summed E-state index contributed by atoms with van der Waals surface area (Å²) in [5.41, 5.74) is 0.0123. The fraction of sp³-hybridized carbons (Fsp3) is 0.500. The topological polar surface area (TPSA) is 49.9 Å². The molecule has 1 aromatic carbocycles. The maximum absolute atomic E-state index is 13.8. The van der Waals surface area contributed by atoms with Crippen molar-refractivity contribution in [3.05, 3.63) is 35.6 Å². The van der Waals surface area contributed by atoms with Gasteiger partial charge >= 0.3 is 5.97 Å². The number of halogens is 1. The Labute approximate surface area is 130 Å². The first-order chi connectivity index (χ1) is 10.4. The number of likely N-dealkylation sites (N-methyl/N-ethyl adjacent to an activating group) is 1. The van der Waals surface area contributed by atoms with Crippen LogP contribution in [0.1, 0.15) is 17.3 Å². The second kappa shape index (κ2) is 8.48. The molecule has 1 aromatic rings. The Balaban J connectivity index is 2.91. The zero-order valence-electron chi connectivity index (χ0n) is 13.5. The van der Waals surface area contributed by atoms with Gasteiger partial charge in [0.2, 0.25) is 0 Å². The Morgan fingerprint density at radius 1 is 1.23 bits per heavy atom. The van der Waals surface area contributed by atoms with E-state index >= 15 is 0 Å². The lowest BCUT2D eigenvalue weighted by Gasteiger charge is -2.26. The summed E-state index contributed by atoms with van der Waals surface area (Å²) in [5.74, 6) is -1.84. The van der Waals surface area contributed by atoms with Crippen LogP contribution in [-0.4, -0.2) is 62.5 Å². The summed E-state index contributed by atoms with van der Waals surface area (Å²) in [6.45, 7) is 2.90. The molecular formula is C16H23FN2O3. The molecule has 0 bridgehead atoms. The van der Waals surface area contributed by atoms with Gasteiger partial charge < -0.3 is 14.5 Å². The maximum atomic E-state index is 13.8. The summed E-state index contributed by atoms with van der Waals surface area (Å²) in [6.07, 6.45) is 0. The van der Waals surface area contributed by atoms with Crippen LogP contribution in [0.2, 0.25) is 0 Å². The van der Waals surface area contributed by atoms with E-state index in [1.807, 2.05) is 19.0 Å². The van der Waals surface area contributed by atoms with Gasteiger partial charge in [-0.3, -0.25) is 9.59 Å². The van der Waals surface area contributed by atoms with E-state index in [0.29, 0.717) is 13.1 Å². The van der Waals surface area contributed by atoms with E-state index in [2.05, 4.69) is 4.74 Å². The van der Waals surface area contributed by atoms with Gasteiger partial charge in [-0.25, -0.2) is 4.39 Å². The molecule has 0 aliphatic rings. The molecule has 0 spiro atoms. The van der Waals surface area contributed by atoms with E-state index in [0.717, 1.165) is 0 Å². The highest BCUT2D eigenvalue weighted by molar-refractivity contribution is 5.94. The first kappa shape index (κ1) is 18.1. The van der Waals surface area contributed by atoms with Gasteiger partial charge in [-0.15, -0.1) is 0 Å². The first-order valence-electron chi connectivity index (χ1n) is 7.13. The Morgan fingerprint density at radius 3 is 2.41 bits per heavy atom. The van der Waals surface area contributed by atoms with Gasteiger partial charge in [0, 0.05) is 19.6 Å². The van der Waals surface area contributed by atoms with Gasteiger partial charge in [-0.1, -0.05) is 19.1 Å². The quantitative estimate of drug-likeness (QED) is 0.719. The molecular weight excluding hydrogens is 287 g/mol. The molecule has 0 saturated heterocycles. The number of methoxy groups -OCH3 is 1. The molecule has 1 rings (SSSR count). The summed E-state index contributed by atoms with van der Waals surface area (Å²) >= 11 is 0. The van der Waals surface area contributed by atoms with E-state index in [4.69, 9.17) is 0 Å². The first-order valence-corrected chi connectivity index (χ1v) is 7.13. The van der Waals surface area contributed by atoms with Gasteiger partial charge in [0.1, 0.15) is 5.82 Å². The lowest BCUT2D eigenvalue weighted by atomic mass is 10.1. The number of carbonyl (C=O) groups is 2. The van der Waals surface area contributed by atoms with E-state index in [1.54, 1.807) is 13.0 Å². The predicted molar refractivity (Wildman–Crippen MR) is 82.0 cm³/mol. The molecule has 0 fully saturated rings. The minimum atomic E-state index is -0.562. The monoisotopic (exact) mass is 310 g/mol. The highest BCUT2D eigenvalue weighted by Gasteiger charge is 2.24. The van der Waals surface area contributed by atoms with Crippen molar-refractivity contribution >= 4 is 11.9 Å². The van der Waals surface area contributed by atoms with Crippen molar-refractivity contribution in [2.75, 3.05) is 40.8 Å². The third-order valence-electron chi connectivity index (χ3n) is 3.31. The Morgan fingerprint density at radius 2 is 1.86 bits per heavy atom. The van der Waals surface area contributed by atoms with Gasteiger partial charge in [0.05, 0.1) is 18.6 Å². The number of hydrogen-bond donors (Lipinski definition) is 0. The van der Waals surface area contributed by atoms with Gasteiger partial charge in [0.15, 0.2) is 0 Å². The van der Waals surface area contributed by atoms with Crippen molar-refractivity contribution in [3.63, 3.8) is 0 Å². The summed E-state index contributed by atoms with van der Waals surface area (Å²) in [5, 5.41) is 0. The van der Waals surface area contributed by atoms with Gasteiger partial charge in [-0.2, -0.15) is 0 Å². The van der Waals surface area contributed by atoms with E-state index in [9.17, 15) is 14.0 Å². The number of esters is 1. The molecule has 22 heavy (non-hydrogen) atoms. The molecule has 1 amide bonds. The number of rotatable bonds is 7. The smallest absolute Gasteiger partial charge is 0.310 e. The summed E-state index contributed by atoms with van der Waals surface area (Å²) < 4.78 is 18.5. The average molecular weight is 310 g/mol. The normalized spacial score (nSPS) is 12.1. The fourth-order valence-corrected chi connectivity index (χ4v) is 2.01. The lowest BCUT2D eigenvalue weighted by Crippen LogP contribution is -2.41. The maximum Gasteiger partial charge on any atom is 0.310 e. The summed E-state index contributed by atoms with van der Waals surface area (Å²) in [6, 6.07) is 5.85. The van der Waals surface area contributed by atoms with Crippen LogP contribution in [0.4, 0.5) is 4.39 Å². The molecule has 0 aromatic heterocycles. The van der Waals surface area contributed by atoms with Crippen LogP contribution in [0, 0.1) is 11.7 Å². The molecule has 0 aliphatic carbocycles. The number of nitrogens with zero attached hydrogens (tertiary/aromatic N) is 2. The van der Waals surface area contributed by atoms with Crippen LogP contribution in [0.15, 0.2) is 24.3 Å². The number of hydrogen-bond acceptors (Lipinski definition) is 4. The molecule has 1 unspecified atom stereocenters. The third-order valence-corrected chi connectivity index (χ3v) is 3.31. The number of ether oxygens (including phenoxy) is 1. The minimum absolute atomic E-state index is 0.0123. The second-order valence-corrected chi connectivity index (χ2v) is 5.46. The van der Waals surface area contributed by atoms with E-state index in [1.165, 1.54) is 30.2 Å². The highest BCUT2D eigenvalue weighted by atomic mass is 19.1.